The average Bonchev–Trinajstić information content (AvgIpc) is 3.01. The predicted molar refractivity (Wildman–Crippen MR) is 112 cm³/mol. The van der Waals surface area contributed by atoms with Crippen LogP contribution in [0.1, 0.15) is 56.9 Å². The highest BCUT2D eigenvalue weighted by atomic mass is 35.5. The summed E-state index contributed by atoms with van der Waals surface area (Å²) >= 11 is 5.60. The van der Waals surface area contributed by atoms with Gasteiger partial charge in [0.05, 0.1) is 15.5 Å². The molecule has 0 bridgehead atoms. The van der Waals surface area contributed by atoms with Crippen LogP contribution in [-0.4, -0.2) is 49.7 Å². The second-order valence-corrected chi connectivity index (χ2v) is 10.8. The summed E-state index contributed by atoms with van der Waals surface area (Å²) < 4.78 is 66.3. The fourth-order valence-electron chi connectivity index (χ4n) is 4.49. The van der Waals surface area contributed by atoms with Crippen LogP contribution < -0.4 is 0 Å². The van der Waals surface area contributed by atoms with E-state index in [1.54, 1.807) is 0 Å². The predicted octanol–water partition coefficient (Wildman–Crippen LogP) is 4.94. The van der Waals surface area contributed by atoms with E-state index < -0.39 is 31.7 Å². The Balaban J connectivity index is 1.66. The Hall–Kier alpha value is -1.32. The first kappa shape index (κ1) is 24.3. The third kappa shape index (κ3) is 5.54. The van der Waals surface area contributed by atoms with Gasteiger partial charge in [-0.2, -0.15) is 17.5 Å². The Morgan fingerprint density at radius 3 is 2.19 bits per heavy atom. The Morgan fingerprint density at radius 2 is 1.65 bits per heavy atom. The molecule has 1 aromatic carbocycles. The molecule has 3 rings (SSSR count). The van der Waals surface area contributed by atoms with Gasteiger partial charge in [0.2, 0.25) is 15.9 Å². The number of alkyl halides is 3. The number of hydrogen-bond donors (Lipinski definition) is 0. The van der Waals surface area contributed by atoms with E-state index in [1.807, 2.05) is 11.9 Å². The van der Waals surface area contributed by atoms with E-state index in [-0.39, 0.29) is 31.0 Å². The Bertz CT molecular complexity index is 892. The maximum absolute atomic E-state index is 13.1. The van der Waals surface area contributed by atoms with Gasteiger partial charge in [-0.25, -0.2) is 8.42 Å². The van der Waals surface area contributed by atoms with Crippen molar-refractivity contribution in [2.24, 2.45) is 5.92 Å². The fourth-order valence-corrected chi connectivity index (χ4v) is 6.21. The van der Waals surface area contributed by atoms with Crippen molar-refractivity contribution in [1.82, 2.24) is 9.21 Å². The van der Waals surface area contributed by atoms with Crippen molar-refractivity contribution in [3.63, 3.8) is 0 Å². The summed E-state index contributed by atoms with van der Waals surface area (Å²) in [4.78, 5) is 14.3. The SMILES string of the molecule is CN(C(=O)C1CCN(S(=O)(=O)c2ccc(Cl)c(C(F)(F)F)c2)CC1)C1CCCCCC1. The molecule has 0 aromatic heterocycles. The molecule has 5 nitrogen and oxygen atoms in total. The van der Waals surface area contributed by atoms with Crippen LogP contribution in [0, 0.1) is 5.92 Å². The van der Waals surface area contributed by atoms with E-state index in [0.29, 0.717) is 18.9 Å². The molecule has 174 valence electrons. The lowest BCUT2D eigenvalue weighted by Crippen LogP contribution is -2.46. The molecule has 1 saturated carbocycles. The maximum atomic E-state index is 13.1. The number of carbonyl (C=O) groups is 1. The van der Waals surface area contributed by atoms with E-state index >= 15 is 0 Å². The van der Waals surface area contributed by atoms with Gasteiger partial charge in [0.15, 0.2) is 0 Å². The van der Waals surface area contributed by atoms with Gasteiger partial charge in [-0.05, 0) is 43.9 Å². The van der Waals surface area contributed by atoms with Crippen molar-refractivity contribution in [2.75, 3.05) is 20.1 Å². The standard InChI is InChI=1S/C21H28ClF3N2O3S/c1-26(16-6-4-2-3-5-7-16)20(28)15-10-12-27(13-11-15)31(29,30)17-8-9-19(22)18(14-17)21(23,24)25/h8-9,14-16H,2-7,10-13H2,1H3. The number of hydrogen-bond acceptors (Lipinski definition) is 3. The topological polar surface area (TPSA) is 57.7 Å². The van der Waals surface area contributed by atoms with E-state index in [9.17, 15) is 26.4 Å². The molecule has 0 radical (unpaired) electrons. The highest BCUT2D eigenvalue weighted by Gasteiger charge is 2.37. The van der Waals surface area contributed by atoms with Crippen LogP contribution in [0.4, 0.5) is 13.2 Å². The first-order chi connectivity index (χ1) is 14.5. The Morgan fingerprint density at radius 1 is 1.06 bits per heavy atom. The Labute approximate surface area is 186 Å². The van der Waals surface area contributed by atoms with Crippen LogP contribution in [0.3, 0.4) is 0 Å². The fraction of sp³-hybridized carbons (Fsp3) is 0.667. The quantitative estimate of drug-likeness (QED) is 0.573. The number of sulfonamides is 1. The number of amides is 1. The van der Waals surface area contributed by atoms with Gasteiger partial charge in [-0.1, -0.05) is 37.3 Å². The summed E-state index contributed by atoms with van der Waals surface area (Å²) in [5.74, 6) is -0.231. The largest absolute Gasteiger partial charge is 0.417 e. The first-order valence-electron chi connectivity index (χ1n) is 10.7. The number of piperidine rings is 1. The highest BCUT2D eigenvalue weighted by molar-refractivity contribution is 7.89. The van der Waals surface area contributed by atoms with Gasteiger partial charge >= 0.3 is 6.18 Å². The lowest BCUT2D eigenvalue weighted by Gasteiger charge is -2.35. The molecule has 1 amide bonds. The van der Waals surface area contributed by atoms with Gasteiger partial charge in [0, 0.05) is 32.1 Å². The summed E-state index contributed by atoms with van der Waals surface area (Å²) in [5.41, 5.74) is -1.18. The van der Waals surface area contributed by atoms with Crippen LogP contribution in [0.15, 0.2) is 23.1 Å². The minimum atomic E-state index is -4.75. The zero-order valence-corrected chi connectivity index (χ0v) is 19.1. The Kier molecular flexibility index (Phi) is 7.58. The number of carbonyl (C=O) groups excluding carboxylic acids is 1. The highest BCUT2D eigenvalue weighted by Crippen LogP contribution is 2.37. The molecular formula is C21H28ClF3N2O3S. The molecule has 1 saturated heterocycles. The average molecular weight is 481 g/mol. The molecule has 1 aliphatic heterocycles. The molecule has 0 spiro atoms. The van der Waals surface area contributed by atoms with E-state index in [0.717, 1.165) is 42.1 Å². The van der Waals surface area contributed by atoms with Gasteiger partial charge in [-0.3, -0.25) is 4.79 Å². The number of nitrogens with zero attached hydrogens (tertiary/aromatic N) is 2. The van der Waals surface area contributed by atoms with Crippen LogP contribution in [0.25, 0.3) is 0 Å². The maximum Gasteiger partial charge on any atom is 0.417 e. The number of rotatable bonds is 4. The van der Waals surface area contributed by atoms with Crippen molar-refractivity contribution in [3.8, 4) is 0 Å². The minimum absolute atomic E-state index is 0.0369. The monoisotopic (exact) mass is 480 g/mol. The summed E-state index contributed by atoms with van der Waals surface area (Å²) in [5, 5.41) is -0.544. The minimum Gasteiger partial charge on any atom is -0.343 e. The van der Waals surface area contributed by atoms with Crippen molar-refractivity contribution in [3.05, 3.63) is 28.8 Å². The molecule has 10 heteroatoms. The lowest BCUT2D eigenvalue weighted by atomic mass is 9.95. The van der Waals surface area contributed by atoms with Gasteiger partial charge < -0.3 is 4.90 Å². The molecule has 0 atom stereocenters. The summed E-state index contributed by atoms with van der Waals surface area (Å²) in [6, 6.07) is 2.85. The van der Waals surface area contributed by atoms with E-state index in [1.165, 1.54) is 12.8 Å². The molecule has 2 aliphatic rings. The molecule has 1 aromatic rings. The van der Waals surface area contributed by atoms with Gasteiger partial charge in [-0.15, -0.1) is 0 Å². The van der Waals surface area contributed by atoms with Crippen LogP contribution in [0.2, 0.25) is 5.02 Å². The molecule has 31 heavy (non-hydrogen) atoms. The molecule has 1 heterocycles. The van der Waals surface area contributed by atoms with Crippen molar-refractivity contribution in [1.29, 1.82) is 0 Å². The molecular weight excluding hydrogens is 453 g/mol. The summed E-state index contributed by atoms with van der Waals surface area (Å²) in [6.45, 7) is 0.197. The second-order valence-electron chi connectivity index (χ2n) is 8.41. The van der Waals surface area contributed by atoms with Gasteiger partial charge in [0.1, 0.15) is 0 Å². The van der Waals surface area contributed by atoms with Crippen LogP contribution in [0.5, 0.6) is 0 Å². The zero-order valence-electron chi connectivity index (χ0n) is 17.5. The molecule has 2 fully saturated rings. The molecule has 0 N–H and O–H groups in total. The van der Waals surface area contributed by atoms with Crippen molar-refractivity contribution >= 4 is 27.5 Å². The van der Waals surface area contributed by atoms with Crippen LogP contribution in [-0.2, 0) is 21.0 Å². The summed E-state index contributed by atoms with van der Waals surface area (Å²) in [6.07, 6.45) is 2.56. The summed E-state index contributed by atoms with van der Waals surface area (Å²) in [7, 11) is -2.28. The van der Waals surface area contributed by atoms with Gasteiger partial charge in [0.25, 0.3) is 0 Å². The smallest absolute Gasteiger partial charge is 0.343 e. The number of benzene rings is 1. The first-order valence-corrected chi connectivity index (χ1v) is 12.5. The molecule has 1 aliphatic carbocycles. The third-order valence-electron chi connectivity index (χ3n) is 6.40. The number of halogens is 4. The zero-order chi connectivity index (χ0) is 22.8. The van der Waals surface area contributed by atoms with Crippen molar-refractivity contribution in [2.45, 2.75) is 68.5 Å². The van der Waals surface area contributed by atoms with E-state index in [4.69, 9.17) is 11.6 Å². The third-order valence-corrected chi connectivity index (χ3v) is 8.63. The second kappa shape index (κ2) is 9.67. The molecule has 0 unspecified atom stereocenters. The lowest BCUT2D eigenvalue weighted by molar-refractivity contribution is -0.138. The van der Waals surface area contributed by atoms with E-state index in [2.05, 4.69) is 0 Å². The van der Waals surface area contributed by atoms with Crippen molar-refractivity contribution < 1.29 is 26.4 Å². The van der Waals surface area contributed by atoms with Crippen LogP contribution >= 0.6 is 11.6 Å². The normalized spacial score (nSPS) is 20.4.